The molecule has 0 bridgehead atoms. The first-order valence-corrected chi connectivity index (χ1v) is 7.16. The van der Waals surface area contributed by atoms with Gasteiger partial charge in [-0.2, -0.15) is 0 Å². The highest BCUT2D eigenvalue weighted by Gasteiger charge is 2.19. The molecule has 0 unspecified atom stereocenters. The summed E-state index contributed by atoms with van der Waals surface area (Å²) >= 11 is 1.54. The molecular weight excluding hydrogens is 276 g/mol. The molecular formula is C13H16N4O2S. The molecule has 6 nitrogen and oxygen atoms in total. The van der Waals surface area contributed by atoms with Crippen LogP contribution in [0.15, 0.2) is 23.6 Å². The summed E-state index contributed by atoms with van der Waals surface area (Å²) < 4.78 is 0. The van der Waals surface area contributed by atoms with Crippen LogP contribution in [0.3, 0.4) is 0 Å². The van der Waals surface area contributed by atoms with E-state index in [0.29, 0.717) is 24.5 Å². The smallest absolute Gasteiger partial charge is 0.315 e. The molecule has 20 heavy (non-hydrogen) atoms. The molecule has 0 saturated heterocycles. The molecule has 2 N–H and O–H groups in total. The van der Waals surface area contributed by atoms with E-state index in [1.807, 2.05) is 19.2 Å². The Morgan fingerprint density at radius 2 is 2.05 bits per heavy atom. The van der Waals surface area contributed by atoms with Gasteiger partial charge in [0, 0.05) is 17.6 Å². The molecule has 2 aromatic rings. The van der Waals surface area contributed by atoms with Crippen molar-refractivity contribution in [3.05, 3.63) is 44.4 Å². The molecule has 0 amide bonds. The van der Waals surface area contributed by atoms with E-state index in [2.05, 4.69) is 15.6 Å². The van der Waals surface area contributed by atoms with Crippen LogP contribution in [0.5, 0.6) is 0 Å². The lowest BCUT2D eigenvalue weighted by Gasteiger charge is -2.09. The molecule has 0 saturated carbocycles. The lowest BCUT2D eigenvalue weighted by Crippen LogP contribution is -2.06. The van der Waals surface area contributed by atoms with Gasteiger partial charge >= 0.3 is 5.69 Å². The Morgan fingerprint density at radius 1 is 1.35 bits per heavy atom. The van der Waals surface area contributed by atoms with Crippen molar-refractivity contribution >= 4 is 28.4 Å². The van der Waals surface area contributed by atoms with Crippen molar-refractivity contribution in [1.29, 1.82) is 0 Å². The predicted octanol–water partition coefficient (Wildman–Crippen LogP) is 3.40. The first-order chi connectivity index (χ1) is 9.61. The maximum Gasteiger partial charge on any atom is 0.315 e. The Labute approximate surface area is 121 Å². The molecule has 1 heterocycles. The van der Waals surface area contributed by atoms with Gasteiger partial charge in [0.2, 0.25) is 0 Å². The van der Waals surface area contributed by atoms with Gasteiger partial charge in [-0.25, -0.2) is 4.98 Å². The van der Waals surface area contributed by atoms with Crippen molar-refractivity contribution in [2.45, 2.75) is 20.4 Å². The zero-order chi connectivity index (χ0) is 14.5. The highest BCUT2D eigenvalue weighted by molar-refractivity contribution is 7.09. The van der Waals surface area contributed by atoms with E-state index in [4.69, 9.17) is 0 Å². The van der Waals surface area contributed by atoms with Crippen molar-refractivity contribution in [2.24, 2.45) is 0 Å². The molecule has 1 aromatic carbocycles. The molecule has 106 valence electrons. The number of nitrogens with zero attached hydrogens (tertiary/aromatic N) is 2. The van der Waals surface area contributed by atoms with E-state index in [1.54, 1.807) is 18.2 Å². The largest absolute Gasteiger partial charge is 0.380 e. The van der Waals surface area contributed by atoms with Gasteiger partial charge in [-0.1, -0.05) is 6.07 Å². The summed E-state index contributed by atoms with van der Waals surface area (Å²) in [5, 5.41) is 20.2. The van der Waals surface area contributed by atoms with Crippen LogP contribution >= 0.6 is 11.3 Å². The van der Waals surface area contributed by atoms with Crippen molar-refractivity contribution in [2.75, 3.05) is 17.2 Å². The topological polar surface area (TPSA) is 80.1 Å². The van der Waals surface area contributed by atoms with Gasteiger partial charge in [-0.05, 0) is 26.0 Å². The molecule has 1 aromatic heterocycles. The summed E-state index contributed by atoms with van der Waals surface area (Å²) in [4.78, 5) is 15.2. The third kappa shape index (κ3) is 3.24. The quantitative estimate of drug-likeness (QED) is 0.630. The van der Waals surface area contributed by atoms with Crippen molar-refractivity contribution in [3.63, 3.8) is 0 Å². The Bertz CT molecular complexity index is 612. The number of para-hydroxylation sites is 1. The third-order valence-electron chi connectivity index (χ3n) is 2.68. The number of anilines is 2. The number of hydrogen-bond donors (Lipinski definition) is 2. The van der Waals surface area contributed by atoms with E-state index in [-0.39, 0.29) is 10.6 Å². The molecule has 0 aliphatic heterocycles. The van der Waals surface area contributed by atoms with Gasteiger partial charge in [0.1, 0.15) is 16.4 Å². The molecule has 7 heteroatoms. The van der Waals surface area contributed by atoms with Crippen LogP contribution in [0, 0.1) is 17.0 Å². The van der Waals surface area contributed by atoms with Crippen molar-refractivity contribution < 1.29 is 4.92 Å². The summed E-state index contributed by atoms with van der Waals surface area (Å²) in [5.74, 6) is 0. The number of nitro groups is 1. The minimum atomic E-state index is -0.368. The van der Waals surface area contributed by atoms with Crippen LogP contribution in [0.1, 0.15) is 17.6 Å². The third-order valence-corrected chi connectivity index (χ3v) is 3.65. The van der Waals surface area contributed by atoms with Gasteiger partial charge in [0.15, 0.2) is 0 Å². The fraction of sp³-hybridized carbons (Fsp3) is 0.308. The average molecular weight is 292 g/mol. The second-order valence-corrected chi connectivity index (χ2v) is 5.17. The second kappa shape index (κ2) is 6.33. The van der Waals surface area contributed by atoms with Gasteiger partial charge in [0.25, 0.3) is 0 Å². The first kappa shape index (κ1) is 14.3. The number of thiazole rings is 1. The maximum atomic E-state index is 11.2. The Morgan fingerprint density at radius 3 is 2.60 bits per heavy atom. The minimum Gasteiger partial charge on any atom is -0.380 e. The number of nitrogens with one attached hydrogen (secondary N) is 2. The Balaban J connectivity index is 2.22. The van der Waals surface area contributed by atoms with Crippen LogP contribution in [0.25, 0.3) is 0 Å². The minimum absolute atomic E-state index is 0.0719. The number of hydrogen-bond acceptors (Lipinski definition) is 6. The van der Waals surface area contributed by atoms with Crippen LogP contribution in [0.4, 0.5) is 17.1 Å². The molecule has 2 rings (SSSR count). The number of aryl methyl sites for hydroxylation is 1. The molecule has 0 atom stereocenters. The lowest BCUT2D eigenvalue weighted by molar-refractivity contribution is -0.383. The van der Waals surface area contributed by atoms with Gasteiger partial charge in [0.05, 0.1) is 11.5 Å². The Hall–Kier alpha value is -2.15. The highest BCUT2D eigenvalue weighted by atomic mass is 32.1. The zero-order valence-electron chi connectivity index (χ0n) is 11.3. The summed E-state index contributed by atoms with van der Waals surface area (Å²) in [6.07, 6.45) is 0. The van der Waals surface area contributed by atoms with Gasteiger partial charge in [-0.3, -0.25) is 10.1 Å². The van der Waals surface area contributed by atoms with E-state index >= 15 is 0 Å². The number of benzene rings is 1. The standard InChI is InChI=1S/C13H16N4O2S/c1-3-14-10-5-4-6-11(13(10)17(18)19)15-7-12-16-9(2)8-20-12/h4-6,8,14-15H,3,7H2,1-2H3. The van der Waals surface area contributed by atoms with Crippen LogP contribution < -0.4 is 10.6 Å². The van der Waals surface area contributed by atoms with E-state index in [1.165, 1.54) is 11.3 Å². The fourth-order valence-corrected chi connectivity index (χ4v) is 2.58. The molecule has 0 aliphatic carbocycles. The van der Waals surface area contributed by atoms with Gasteiger partial charge < -0.3 is 10.6 Å². The van der Waals surface area contributed by atoms with E-state index in [9.17, 15) is 10.1 Å². The number of nitro benzene ring substituents is 1. The zero-order valence-corrected chi connectivity index (χ0v) is 12.2. The van der Waals surface area contributed by atoms with Crippen LogP contribution in [-0.2, 0) is 6.54 Å². The average Bonchev–Trinajstić information content (AvgIpc) is 2.82. The molecule has 0 radical (unpaired) electrons. The monoisotopic (exact) mass is 292 g/mol. The summed E-state index contributed by atoms with van der Waals surface area (Å²) in [7, 11) is 0. The SMILES string of the molecule is CCNc1cccc(NCc2nc(C)cs2)c1[N+](=O)[O-]. The molecule has 0 fully saturated rings. The second-order valence-electron chi connectivity index (χ2n) is 4.23. The predicted molar refractivity (Wildman–Crippen MR) is 81.4 cm³/mol. The van der Waals surface area contributed by atoms with E-state index < -0.39 is 0 Å². The van der Waals surface area contributed by atoms with E-state index in [0.717, 1.165) is 10.7 Å². The van der Waals surface area contributed by atoms with Crippen LogP contribution in [-0.4, -0.2) is 16.5 Å². The fourth-order valence-electron chi connectivity index (χ4n) is 1.87. The van der Waals surface area contributed by atoms with Crippen molar-refractivity contribution in [1.82, 2.24) is 4.98 Å². The molecule has 0 spiro atoms. The van der Waals surface area contributed by atoms with Crippen molar-refractivity contribution in [3.8, 4) is 0 Å². The van der Waals surface area contributed by atoms with Gasteiger partial charge in [-0.15, -0.1) is 11.3 Å². The Kier molecular flexibility index (Phi) is 4.52. The molecule has 0 aliphatic rings. The summed E-state index contributed by atoms with van der Waals surface area (Å²) in [6.45, 7) is 4.95. The highest BCUT2D eigenvalue weighted by Crippen LogP contribution is 2.33. The number of rotatable bonds is 6. The summed E-state index contributed by atoms with van der Waals surface area (Å²) in [5.41, 5.74) is 2.06. The summed E-state index contributed by atoms with van der Waals surface area (Å²) in [6, 6.07) is 5.21. The first-order valence-electron chi connectivity index (χ1n) is 6.28. The normalized spacial score (nSPS) is 10.3. The maximum absolute atomic E-state index is 11.2. The number of aromatic nitrogens is 1. The van der Waals surface area contributed by atoms with Crippen LogP contribution in [0.2, 0.25) is 0 Å². The lowest BCUT2D eigenvalue weighted by atomic mass is 10.2.